The van der Waals surface area contributed by atoms with E-state index in [2.05, 4.69) is 15.9 Å². The van der Waals surface area contributed by atoms with Crippen molar-refractivity contribution in [2.75, 3.05) is 11.9 Å². The number of anilines is 1. The van der Waals surface area contributed by atoms with E-state index in [0.717, 1.165) is 16.1 Å². The van der Waals surface area contributed by atoms with E-state index in [1.54, 1.807) is 11.9 Å². The van der Waals surface area contributed by atoms with Gasteiger partial charge < -0.3 is 10.0 Å². The number of carboxylic acid groups (broad SMARTS) is 1. The summed E-state index contributed by atoms with van der Waals surface area (Å²) in [4.78, 5) is 12.5. The summed E-state index contributed by atoms with van der Waals surface area (Å²) in [6, 6.07) is 11.7. The molecule has 20 heavy (non-hydrogen) atoms. The summed E-state index contributed by atoms with van der Waals surface area (Å²) in [7, 11) is 1.76. The molecule has 104 valence electrons. The van der Waals surface area contributed by atoms with Crippen LogP contribution in [0.3, 0.4) is 0 Å². The highest BCUT2D eigenvalue weighted by Crippen LogP contribution is 2.22. The predicted molar refractivity (Wildman–Crippen MR) is 79.6 cm³/mol. The standard InChI is InChI=1S/C15H13BrFNO2/c1-18(9-10-2-5-12(16)6-3-10)14-7-4-11(15(19)20)8-13(14)17/h2-8H,9H2,1H3,(H,19,20). The molecule has 2 aromatic carbocycles. The molecular weight excluding hydrogens is 325 g/mol. The van der Waals surface area contributed by atoms with Gasteiger partial charge in [0.15, 0.2) is 0 Å². The first-order valence-corrected chi connectivity index (χ1v) is 6.75. The topological polar surface area (TPSA) is 40.5 Å². The summed E-state index contributed by atoms with van der Waals surface area (Å²) >= 11 is 3.36. The van der Waals surface area contributed by atoms with Crippen molar-refractivity contribution in [2.45, 2.75) is 6.54 Å². The molecule has 0 saturated carbocycles. The zero-order chi connectivity index (χ0) is 14.7. The maximum atomic E-state index is 13.9. The largest absolute Gasteiger partial charge is 0.478 e. The molecule has 2 rings (SSSR count). The Balaban J connectivity index is 2.18. The fourth-order valence-electron chi connectivity index (χ4n) is 1.90. The third-order valence-corrected chi connectivity index (χ3v) is 3.47. The number of carboxylic acids is 1. The van der Waals surface area contributed by atoms with Gasteiger partial charge in [0.25, 0.3) is 0 Å². The molecular formula is C15H13BrFNO2. The average Bonchev–Trinajstić information content (AvgIpc) is 2.41. The second-order valence-corrected chi connectivity index (χ2v) is 5.37. The molecule has 0 aliphatic heterocycles. The van der Waals surface area contributed by atoms with Gasteiger partial charge in [-0.15, -0.1) is 0 Å². The Hall–Kier alpha value is -1.88. The fourth-order valence-corrected chi connectivity index (χ4v) is 2.16. The van der Waals surface area contributed by atoms with E-state index in [9.17, 15) is 9.18 Å². The Morgan fingerprint density at radius 3 is 2.45 bits per heavy atom. The minimum absolute atomic E-state index is 0.0525. The van der Waals surface area contributed by atoms with Gasteiger partial charge in [0.2, 0.25) is 0 Å². The quantitative estimate of drug-likeness (QED) is 0.919. The van der Waals surface area contributed by atoms with Crippen molar-refractivity contribution in [2.24, 2.45) is 0 Å². The summed E-state index contributed by atoms with van der Waals surface area (Å²) in [5.41, 5.74) is 1.36. The first-order valence-electron chi connectivity index (χ1n) is 5.96. The van der Waals surface area contributed by atoms with Crippen LogP contribution in [-0.2, 0) is 6.54 Å². The van der Waals surface area contributed by atoms with Crippen LogP contribution in [-0.4, -0.2) is 18.1 Å². The molecule has 0 fully saturated rings. The number of rotatable bonds is 4. The van der Waals surface area contributed by atoms with Gasteiger partial charge in [0.1, 0.15) is 5.82 Å². The lowest BCUT2D eigenvalue weighted by Gasteiger charge is -2.20. The van der Waals surface area contributed by atoms with Gasteiger partial charge >= 0.3 is 5.97 Å². The van der Waals surface area contributed by atoms with Gasteiger partial charge in [-0.1, -0.05) is 28.1 Å². The molecule has 5 heteroatoms. The van der Waals surface area contributed by atoms with Crippen molar-refractivity contribution in [1.29, 1.82) is 0 Å². The Bertz CT molecular complexity index is 628. The molecule has 0 aromatic heterocycles. The normalized spacial score (nSPS) is 10.3. The third kappa shape index (κ3) is 3.36. The monoisotopic (exact) mass is 337 g/mol. The molecule has 0 radical (unpaired) electrons. The molecule has 1 N–H and O–H groups in total. The number of hydrogen-bond donors (Lipinski definition) is 1. The predicted octanol–water partition coefficient (Wildman–Crippen LogP) is 3.92. The first kappa shape index (κ1) is 14.5. The summed E-state index contributed by atoms with van der Waals surface area (Å²) in [5, 5.41) is 8.82. The van der Waals surface area contributed by atoms with Gasteiger partial charge in [0, 0.05) is 18.1 Å². The van der Waals surface area contributed by atoms with Crippen LogP contribution in [0.25, 0.3) is 0 Å². The molecule has 0 saturated heterocycles. The Kier molecular flexibility index (Phi) is 4.39. The van der Waals surface area contributed by atoms with E-state index in [1.165, 1.54) is 12.1 Å². The number of nitrogens with zero attached hydrogens (tertiary/aromatic N) is 1. The van der Waals surface area contributed by atoms with E-state index < -0.39 is 11.8 Å². The van der Waals surface area contributed by atoms with Gasteiger partial charge in [0.05, 0.1) is 11.3 Å². The van der Waals surface area contributed by atoms with E-state index in [-0.39, 0.29) is 5.56 Å². The summed E-state index contributed by atoms with van der Waals surface area (Å²) in [5.74, 6) is -1.67. The van der Waals surface area contributed by atoms with Crippen molar-refractivity contribution < 1.29 is 14.3 Å². The van der Waals surface area contributed by atoms with E-state index in [4.69, 9.17) is 5.11 Å². The van der Waals surface area contributed by atoms with E-state index in [0.29, 0.717) is 12.2 Å². The van der Waals surface area contributed by atoms with Crippen molar-refractivity contribution >= 4 is 27.6 Å². The molecule has 0 spiro atoms. The minimum atomic E-state index is -1.13. The van der Waals surface area contributed by atoms with Gasteiger partial charge in [-0.2, -0.15) is 0 Å². The van der Waals surface area contributed by atoms with Crippen LogP contribution in [0.4, 0.5) is 10.1 Å². The van der Waals surface area contributed by atoms with Crippen LogP contribution in [0, 0.1) is 5.82 Å². The fraction of sp³-hybridized carbons (Fsp3) is 0.133. The smallest absolute Gasteiger partial charge is 0.335 e. The SMILES string of the molecule is CN(Cc1ccc(Br)cc1)c1ccc(C(=O)O)cc1F. The Morgan fingerprint density at radius 1 is 1.25 bits per heavy atom. The molecule has 0 heterocycles. The lowest BCUT2D eigenvalue weighted by Crippen LogP contribution is -2.18. The van der Waals surface area contributed by atoms with Gasteiger partial charge in [-0.25, -0.2) is 9.18 Å². The van der Waals surface area contributed by atoms with Crippen molar-refractivity contribution in [3.05, 3.63) is 63.9 Å². The van der Waals surface area contributed by atoms with Crippen LogP contribution < -0.4 is 4.90 Å². The third-order valence-electron chi connectivity index (χ3n) is 2.94. The number of halogens is 2. The molecule has 3 nitrogen and oxygen atoms in total. The maximum absolute atomic E-state index is 13.9. The highest BCUT2D eigenvalue weighted by molar-refractivity contribution is 9.10. The lowest BCUT2D eigenvalue weighted by atomic mass is 10.1. The number of benzene rings is 2. The summed E-state index contributed by atoms with van der Waals surface area (Å²) in [6.07, 6.45) is 0. The Labute approximate surface area is 124 Å². The van der Waals surface area contributed by atoms with Crippen LogP contribution in [0.1, 0.15) is 15.9 Å². The van der Waals surface area contributed by atoms with Gasteiger partial charge in [-0.05, 0) is 35.9 Å². The molecule has 0 aliphatic carbocycles. The number of aromatic carboxylic acids is 1. The van der Waals surface area contributed by atoms with Crippen molar-refractivity contribution in [1.82, 2.24) is 0 Å². The maximum Gasteiger partial charge on any atom is 0.335 e. The second kappa shape index (κ2) is 6.05. The van der Waals surface area contributed by atoms with Gasteiger partial charge in [-0.3, -0.25) is 0 Å². The van der Waals surface area contributed by atoms with Crippen LogP contribution in [0.5, 0.6) is 0 Å². The summed E-state index contributed by atoms with van der Waals surface area (Å²) in [6.45, 7) is 0.538. The lowest BCUT2D eigenvalue weighted by molar-refractivity contribution is 0.0696. The van der Waals surface area contributed by atoms with Crippen molar-refractivity contribution in [3.63, 3.8) is 0 Å². The second-order valence-electron chi connectivity index (χ2n) is 4.45. The molecule has 0 aliphatic rings. The highest BCUT2D eigenvalue weighted by atomic mass is 79.9. The minimum Gasteiger partial charge on any atom is -0.478 e. The van der Waals surface area contributed by atoms with Crippen LogP contribution >= 0.6 is 15.9 Å². The molecule has 0 unspecified atom stereocenters. The zero-order valence-corrected chi connectivity index (χ0v) is 12.4. The van der Waals surface area contributed by atoms with Crippen molar-refractivity contribution in [3.8, 4) is 0 Å². The zero-order valence-electron chi connectivity index (χ0n) is 10.8. The molecule has 0 atom stereocenters. The van der Waals surface area contributed by atoms with E-state index >= 15 is 0 Å². The molecule has 0 bridgehead atoms. The first-order chi connectivity index (χ1) is 9.47. The van der Waals surface area contributed by atoms with Crippen LogP contribution in [0.15, 0.2) is 46.9 Å². The molecule has 2 aromatic rings. The number of hydrogen-bond acceptors (Lipinski definition) is 2. The average molecular weight is 338 g/mol. The molecule has 0 amide bonds. The summed E-state index contributed by atoms with van der Waals surface area (Å²) < 4.78 is 14.9. The van der Waals surface area contributed by atoms with Crippen LogP contribution in [0.2, 0.25) is 0 Å². The van der Waals surface area contributed by atoms with E-state index in [1.807, 2.05) is 24.3 Å². The highest BCUT2D eigenvalue weighted by Gasteiger charge is 2.11. The number of carbonyl (C=O) groups is 1. The Morgan fingerprint density at radius 2 is 1.90 bits per heavy atom.